The molecule has 0 amide bonds. The van der Waals surface area contributed by atoms with E-state index in [1.165, 1.54) is 26.4 Å². The molecule has 0 saturated heterocycles. The van der Waals surface area contributed by atoms with Crippen LogP contribution in [0.4, 0.5) is 0 Å². The second-order valence-corrected chi connectivity index (χ2v) is 3.01. The summed E-state index contributed by atoms with van der Waals surface area (Å²) in [5.41, 5.74) is 0.717. The molecule has 0 saturated carbocycles. The van der Waals surface area contributed by atoms with Crippen LogP contribution in [0.3, 0.4) is 0 Å². The number of hydrogen-bond acceptors (Lipinski definition) is 4. The van der Waals surface area contributed by atoms with Crippen molar-refractivity contribution in [3.63, 3.8) is 0 Å². The lowest BCUT2D eigenvalue weighted by molar-refractivity contribution is 0.0600. The lowest BCUT2D eigenvalue weighted by Gasteiger charge is -2.13. The topological polar surface area (TPSA) is 44.8 Å². The standard InChI is InChI=1S/C11H13BO4/c1-4-16-9-6-7(11(13)15-3)5-8(14-2)10(9)12/h5-6H,4H2,1-3H3. The van der Waals surface area contributed by atoms with Gasteiger partial charge in [0.15, 0.2) is 0 Å². The summed E-state index contributed by atoms with van der Waals surface area (Å²) in [4.78, 5) is 11.4. The molecule has 1 aromatic rings. The van der Waals surface area contributed by atoms with Gasteiger partial charge in [-0.25, -0.2) is 4.79 Å². The van der Waals surface area contributed by atoms with Crippen molar-refractivity contribution in [3.05, 3.63) is 17.7 Å². The molecule has 0 unspecified atom stereocenters. The van der Waals surface area contributed by atoms with Crippen LogP contribution in [-0.4, -0.2) is 34.6 Å². The Morgan fingerprint density at radius 2 is 1.94 bits per heavy atom. The average molecular weight is 220 g/mol. The van der Waals surface area contributed by atoms with Crippen LogP contribution in [0.2, 0.25) is 0 Å². The van der Waals surface area contributed by atoms with E-state index in [0.29, 0.717) is 29.1 Å². The van der Waals surface area contributed by atoms with Crippen LogP contribution in [0.5, 0.6) is 11.5 Å². The Morgan fingerprint density at radius 1 is 1.31 bits per heavy atom. The van der Waals surface area contributed by atoms with Gasteiger partial charge in [-0.3, -0.25) is 0 Å². The lowest BCUT2D eigenvalue weighted by atomic mass is 9.92. The highest BCUT2D eigenvalue weighted by molar-refractivity contribution is 6.36. The highest BCUT2D eigenvalue weighted by atomic mass is 16.5. The molecule has 16 heavy (non-hydrogen) atoms. The van der Waals surface area contributed by atoms with Crippen molar-refractivity contribution in [3.8, 4) is 11.5 Å². The normalized spacial score (nSPS) is 9.69. The van der Waals surface area contributed by atoms with E-state index >= 15 is 0 Å². The smallest absolute Gasteiger partial charge is 0.338 e. The molecular formula is C11H13BO4. The van der Waals surface area contributed by atoms with Crippen molar-refractivity contribution in [2.75, 3.05) is 20.8 Å². The number of carbonyl (C=O) groups is 1. The Morgan fingerprint density at radius 3 is 2.44 bits per heavy atom. The van der Waals surface area contributed by atoms with Gasteiger partial charge in [-0.1, -0.05) is 0 Å². The highest BCUT2D eigenvalue weighted by Crippen LogP contribution is 2.19. The summed E-state index contributed by atoms with van der Waals surface area (Å²) in [7, 11) is 8.57. The first-order chi connectivity index (χ1) is 7.63. The number of methoxy groups -OCH3 is 2. The van der Waals surface area contributed by atoms with Crippen LogP contribution in [0.1, 0.15) is 17.3 Å². The van der Waals surface area contributed by atoms with Crippen molar-refractivity contribution < 1.29 is 19.0 Å². The van der Waals surface area contributed by atoms with Crippen LogP contribution in [-0.2, 0) is 4.74 Å². The Balaban J connectivity index is 3.22. The monoisotopic (exact) mass is 220 g/mol. The summed E-state index contributed by atoms with van der Waals surface area (Å²) >= 11 is 0. The van der Waals surface area contributed by atoms with Crippen molar-refractivity contribution in [2.24, 2.45) is 0 Å². The number of esters is 1. The van der Waals surface area contributed by atoms with Crippen LogP contribution in [0.15, 0.2) is 12.1 Å². The maximum absolute atomic E-state index is 11.4. The molecule has 0 aliphatic heterocycles. The maximum atomic E-state index is 11.4. The van der Waals surface area contributed by atoms with Gasteiger partial charge < -0.3 is 14.2 Å². The van der Waals surface area contributed by atoms with Crippen LogP contribution in [0, 0.1) is 0 Å². The third-order valence-electron chi connectivity index (χ3n) is 2.04. The van der Waals surface area contributed by atoms with E-state index in [0.717, 1.165) is 0 Å². The van der Waals surface area contributed by atoms with Crippen molar-refractivity contribution in [1.29, 1.82) is 0 Å². The molecule has 2 radical (unpaired) electrons. The van der Waals surface area contributed by atoms with Gasteiger partial charge >= 0.3 is 5.97 Å². The summed E-state index contributed by atoms with van der Waals surface area (Å²) in [6.45, 7) is 2.29. The van der Waals surface area contributed by atoms with Crippen molar-refractivity contribution in [1.82, 2.24) is 0 Å². The predicted molar refractivity (Wildman–Crippen MR) is 60.9 cm³/mol. The first-order valence-corrected chi connectivity index (χ1v) is 4.82. The minimum atomic E-state index is -0.459. The first-order valence-electron chi connectivity index (χ1n) is 4.82. The largest absolute Gasteiger partial charge is 0.497 e. The summed E-state index contributed by atoms with van der Waals surface area (Å²) in [5.74, 6) is 0.354. The van der Waals surface area contributed by atoms with Crippen LogP contribution >= 0.6 is 0 Å². The summed E-state index contributed by atoms with van der Waals surface area (Å²) < 4.78 is 15.0. The molecule has 0 bridgehead atoms. The van der Waals surface area contributed by atoms with Gasteiger partial charge in [-0.2, -0.15) is 0 Å². The zero-order chi connectivity index (χ0) is 12.1. The number of rotatable bonds is 4. The van der Waals surface area contributed by atoms with Gasteiger partial charge in [0.25, 0.3) is 0 Å². The van der Waals surface area contributed by atoms with E-state index in [2.05, 4.69) is 4.74 Å². The first kappa shape index (κ1) is 12.4. The van der Waals surface area contributed by atoms with Gasteiger partial charge in [0.2, 0.25) is 0 Å². The molecule has 1 aromatic carbocycles. The summed E-state index contributed by atoms with van der Waals surface area (Å²) in [5, 5.41) is 0. The van der Waals surface area contributed by atoms with E-state index in [4.69, 9.17) is 17.3 Å². The number of carbonyl (C=O) groups excluding carboxylic acids is 1. The van der Waals surface area contributed by atoms with Gasteiger partial charge in [0, 0.05) is 0 Å². The molecule has 0 aromatic heterocycles. The maximum Gasteiger partial charge on any atom is 0.338 e. The molecule has 84 valence electrons. The molecule has 0 N–H and O–H groups in total. The molecule has 0 aliphatic carbocycles. The van der Waals surface area contributed by atoms with Crippen LogP contribution in [0.25, 0.3) is 0 Å². The fourth-order valence-electron chi connectivity index (χ4n) is 1.28. The predicted octanol–water partition coefficient (Wildman–Crippen LogP) is 0.674. The lowest BCUT2D eigenvalue weighted by Crippen LogP contribution is -2.15. The van der Waals surface area contributed by atoms with E-state index in [9.17, 15) is 4.79 Å². The second-order valence-electron chi connectivity index (χ2n) is 3.01. The van der Waals surface area contributed by atoms with E-state index in [1.807, 2.05) is 6.92 Å². The molecule has 5 heteroatoms. The minimum Gasteiger partial charge on any atom is -0.497 e. The average Bonchev–Trinajstić information content (AvgIpc) is 2.31. The molecule has 4 nitrogen and oxygen atoms in total. The fourth-order valence-corrected chi connectivity index (χ4v) is 1.28. The highest BCUT2D eigenvalue weighted by Gasteiger charge is 2.13. The minimum absolute atomic E-state index is 0.344. The van der Waals surface area contributed by atoms with Gasteiger partial charge in [0.05, 0.1) is 26.4 Å². The van der Waals surface area contributed by atoms with Gasteiger partial charge in [0.1, 0.15) is 19.3 Å². The zero-order valence-electron chi connectivity index (χ0n) is 9.57. The van der Waals surface area contributed by atoms with E-state index in [1.54, 1.807) is 0 Å². The molecule has 0 aliphatic rings. The van der Waals surface area contributed by atoms with Crippen molar-refractivity contribution >= 4 is 19.3 Å². The Bertz CT molecular complexity index is 390. The van der Waals surface area contributed by atoms with E-state index < -0.39 is 5.97 Å². The molecule has 0 fully saturated rings. The second kappa shape index (κ2) is 5.44. The third kappa shape index (κ3) is 2.48. The number of benzene rings is 1. The summed E-state index contributed by atoms with van der Waals surface area (Å²) in [6, 6.07) is 3.05. The zero-order valence-corrected chi connectivity index (χ0v) is 9.57. The Hall–Kier alpha value is -1.65. The molecule has 0 spiro atoms. The Kier molecular flexibility index (Phi) is 4.23. The van der Waals surface area contributed by atoms with Crippen molar-refractivity contribution in [2.45, 2.75) is 6.92 Å². The number of hydrogen-bond donors (Lipinski definition) is 0. The molecule has 1 rings (SSSR count). The van der Waals surface area contributed by atoms with Gasteiger partial charge in [-0.05, 0) is 24.5 Å². The van der Waals surface area contributed by atoms with Crippen LogP contribution < -0.4 is 14.9 Å². The third-order valence-corrected chi connectivity index (χ3v) is 2.04. The van der Waals surface area contributed by atoms with E-state index in [-0.39, 0.29) is 0 Å². The SMILES string of the molecule is [B]c1c(OC)cc(C(=O)OC)cc1OCC. The Labute approximate surface area is 95.9 Å². The molecule has 0 atom stereocenters. The number of ether oxygens (including phenoxy) is 3. The quantitative estimate of drug-likeness (QED) is 0.552. The summed E-state index contributed by atoms with van der Waals surface area (Å²) in [6.07, 6.45) is 0. The van der Waals surface area contributed by atoms with Gasteiger partial charge in [-0.15, -0.1) is 0 Å². The fraction of sp³-hybridized carbons (Fsp3) is 0.364. The molecule has 0 heterocycles. The molecular weight excluding hydrogens is 207 g/mol.